The van der Waals surface area contributed by atoms with E-state index in [4.69, 9.17) is 15.9 Å². The van der Waals surface area contributed by atoms with Gasteiger partial charge in [-0.1, -0.05) is 51.2 Å². The van der Waals surface area contributed by atoms with Gasteiger partial charge in [0.05, 0.1) is 6.04 Å². The van der Waals surface area contributed by atoms with Crippen LogP contribution < -0.4 is 11.1 Å². The third-order valence-corrected chi connectivity index (χ3v) is 5.89. The summed E-state index contributed by atoms with van der Waals surface area (Å²) in [5.41, 5.74) is 7.38. The molecule has 1 aliphatic carbocycles. The van der Waals surface area contributed by atoms with Crippen molar-refractivity contribution in [1.82, 2.24) is 5.32 Å². The summed E-state index contributed by atoms with van der Waals surface area (Å²) in [7, 11) is 0. The van der Waals surface area contributed by atoms with E-state index in [1.165, 1.54) is 63.4 Å². The van der Waals surface area contributed by atoms with Gasteiger partial charge in [-0.3, -0.25) is 10.2 Å². The van der Waals surface area contributed by atoms with Gasteiger partial charge < -0.3 is 15.8 Å². The van der Waals surface area contributed by atoms with Crippen LogP contribution in [0.25, 0.3) is 0 Å². The Morgan fingerprint density at radius 2 is 1.79 bits per heavy atom. The lowest BCUT2D eigenvalue weighted by Crippen LogP contribution is -2.43. The average molecular weight is 402 g/mol. The van der Waals surface area contributed by atoms with E-state index in [-0.39, 0.29) is 11.7 Å². The fraction of sp³-hybridized carbons (Fsp3) is 0.667. The van der Waals surface area contributed by atoms with Gasteiger partial charge in [0, 0.05) is 18.8 Å². The number of carbonyl (C=O) groups excluding carboxylic acids is 1. The highest BCUT2D eigenvalue weighted by molar-refractivity contribution is 5.97. The summed E-state index contributed by atoms with van der Waals surface area (Å²) in [5, 5.41) is 10.3. The number of amidine groups is 1. The van der Waals surface area contributed by atoms with Crippen LogP contribution in [-0.4, -0.2) is 31.0 Å². The highest BCUT2D eigenvalue weighted by Gasteiger charge is 2.15. The predicted octanol–water partition coefficient (Wildman–Crippen LogP) is 4.83. The fourth-order valence-electron chi connectivity index (χ4n) is 3.95. The van der Waals surface area contributed by atoms with Gasteiger partial charge >= 0.3 is 0 Å². The van der Waals surface area contributed by atoms with Gasteiger partial charge in [-0.05, 0) is 62.1 Å². The quantitative estimate of drug-likeness (QED) is 0.237. The molecule has 1 aromatic rings. The molecule has 0 radical (unpaired) electrons. The first-order chi connectivity index (χ1) is 14.1. The van der Waals surface area contributed by atoms with Crippen molar-refractivity contribution in [3.05, 3.63) is 35.4 Å². The van der Waals surface area contributed by atoms with Gasteiger partial charge in [-0.25, -0.2) is 0 Å². The maximum absolute atomic E-state index is 12.2. The minimum absolute atomic E-state index is 0.00199. The molecule has 5 nitrogen and oxygen atoms in total. The molecule has 0 saturated heterocycles. The van der Waals surface area contributed by atoms with E-state index >= 15 is 0 Å². The first-order valence-electron chi connectivity index (χ1n) is 11.4. The first kappa shape index (κ1) is 23.4. The van der Waals surface area contributed by atoms with Crippen molar-refractivity contribution in [3.8, 4) is 0 Å². The number of benzene rings is 1. The number of ether oxygens (including phenoxy) is 1. The average Bonchev–Trinajstić information content (AvgIpc) is 3.24. The predicted molar refractivity (Wildman–Crippen MR) is 119 cm³/mol. The Bertz CT molecular complexity index is 609. The topological polar surface area (TPSA) is 88.2 Å². The Morgan fingerprint density at radius 3 is 2.45 bits per heavy atom. The zero-order chi connectivity index (χ0) is 20.9. The normalized spacial score (nSPS) is 15.3. The molecular formula is C24H39N3O2. The van der Waals surface area contributed by atoms with E-state index in [1.807, 2.05) is 31.2 Å². The lowest BCUT2D eigenvalue weighted by atomic mass is 10.0. The van der Waals surface area contributed by atoms with Crippen LogP contribution in [0.4, 0.5) is 0 Å². The molecule has 29 heavy (non-hydrogen) atoms. The van der Waals surface area contributed by atoms with Crippen LogP contribution in [0.3, 0.4) is 0 Å². The van der Waals surface area contributed by atoms with Gasteiger partial charge in [0.25, 0.3) is 5.91 Å². The summed E-state index contributed by atoms with van der Waals surface area (Å²) >= 11 is 0. The van der Waals surface area contributed by atoms with E-state index in [9.17, 15) is 4.79 Å². The van der Waals surface area contributed by atoms with E-state index < -0.39 is 6.04 Å². The Kier molecular flexibility index (Phi) is 10.8. The maximum atomic E-state index is 12.2. The zero-order valence-electron chi connectivity index (χ0n) is 18.1. The Hall–Kier alpha value is -1.88. The van der Waals surface area contributed by atoms with Crippen molar-refractivity contribution in [1.29, 1.82) is 5.41 Å². The Balaban J connectivity index is 1.53. The van der Waals surface area contributed by atoms with Crippen LogP contribution >= 0.6 is 0 Å². The minimum atomic E-state index is -0.393. The van der Waals surface area contributed by atoms with Crippen molar-refractivity contribution in [2.45, 2.75) is 83.6 Å². The third kappa shape index (κ3) is 8.99. The Morgan fingerprint density at radius 1 is 1.14 bits per heavy atom. The molecule has 1 amide bonds. The molecule has 5 heteroatoms. The smallest absolute Gasteiger partial charge is 0.251 e. The van der Waals surface area contributed by atoms with Crippen LogP contribution in [0.2, 0.25) is 0 Å². The molecular weight excluding hydrogens is 362 g/mol. The SMILES string of the molecule is CCC(NC(=O)c1ccc(CCCCCCCOCC2CCCC2)cc1)C(=N)N. The monoisotopic (exact) mass is 401 g/mol. The first-order valence-corrected chi connectivity index (χ1v) is 11.4. The second-order valence-corrected chi connectivity index (χ2v) is 8.33. The number of amides is 1. The summed E-state index contributed by atoms with van der Waals surface area (Å²) in [5.74, 6) is 0.654. The van der Waals surface area contributed by atoms with Crippen molar-refractivity contribution in [2.75, 3.05) is 13.2 Å². The van der Waals surface area contributed by atoms with Crippen LogP contribution in [0.1, 0.15) is 87.1 Å². The number of rotatable bonds is 14. The maximum Gasteiger partial charge on any atom is 0.251 e. The van der Waals surface area contributed by atoms with Gasteiger partial charge in [-0.2, -0.15) is 0 Å². The molecule has 0 aromatic heterocycles. The van der Waals surface area contributed by atoms with Gasteiger partial charge in [0.15, 0.2) is 0 Å². The molecule has 4 N–H and O–H groups in total. The van der Waals surface area contributed by atoms with E-state index in [2.05, 4.69) is 5.32 Å². The standard InChI is InChI=1S/C24H39N3O2/c1-2-22(23(25)26)27-24(28)21-15-13-19(14-16-21)10-6-4-3-5-9-17-29-18-20-11-7-8-12-20/h13-16,20,22H,2-12,17-18H2,1H3,(H3,25,26)(H,27,28). The number of carbonyl (C=O) groups is 1. The molecule has 0 spiro atoms. The molecule has 2 rings (SSSR count). The molecule has 0 heterocycles. The van der Waals surface area contributed by atoms with Gasteiger partial charge in [0.2, 0.25) is 0 Å². The number of hydrogen-bond donors (Lipinski definition) is 3. The van der Waals surface area contributed by atoms with E-state index in [0.29, 0.717) is 12.0 Å². The molecule has 1 atom stereocenters. The lowest BCUT2D eigenvalue weighted by Gasteiger charge is -2.15. The van der Waals surface area contributed by atoms with Crippen molar-refractivity contribution in [2.24, 2.45) is 11.7 Å². The number of nitrogens with two attached hydrogens (primary N) is 1. The molecule has 1 aliphatic rings. The van der Waals surface area contributed by atoms with Crippen LogP contribution in [0.5, 0.6) is 0 Å². The molecule has 1 unspecified atom stereocenters. The molecule has 162 valence electrons. The molecule has 0 aliphatic heterocycles. The second kappa shape index (κ2) is 13.4. The van der Waals surface area contributed by atoms with E-state index in [1.54, 1.807) is 0 Å². The number of nitrogens with one attached hydrogen (secondary N) is 2. The highest BCUT2D eigenvalue weighted by atomic mass is 16.5. The lowest BCUT2D eigenvalue weighted by molar-refractivity contribution is 0.0945. The largest absolute Gasteiger partial charge is 0.386 e. The molecule has 1 saturated carbocycles. The summed E-state index contributed by atoms with van der Waals surface area (Å²) in [6, 6.07) is 7.38. The highest BCUT2D eigenvalue weighted by Crippen LogP contribution is 2.24. The molecule has 1 fully saturated rings. The minimum Gasteiger partial charge on any atom is -0.386 e. The summed E-state index contributed by atoms with van der Waals surface area (Å²) in [6.07, 6.45) is 13.3. The van der Waals surface area contributed by atoms with Gasteiger partial charge in [0.1, 0.15) is 5.84 Å². The van der Waals surface area contributed by atoms with Gasteiger partial charge in [-0.15, -0.1) is 0 Å². The Labute approximate surface area is 176 Å². The molecule has 1 aromatic carbocycles. The molecule has 0 bridgehead atoms. The fourth-order valence-corrected chi connectivity index (χ4v) is 3.95. The van der Waals surface area contributed by atoms with Crippen LogP contribution in [0.15, 0.2) is 24.3 Å². The van der Waals surface area contributed by atoms with Crippen LogP contribution in [-0.2, 0) is 11.2 Å². The number of aryl methyl sites for hydroxylation is 1. The third-order valence-electron chi connectivity index (χ3n) is 5.89. The summed E-state index contributed by atoms with van der Waals surface area (Å²) in [4.78, 5) is 12.2. The van der Waals surface area contributed by atoms with Crippen molar-refractivity contribution in [3.63, 3.8) is 0 Å². The zero-order valence-corrected chi connectivity index (χ0v) is 18.1. The summed E-state index contributed by atoms with van der Waals surface area (Å²) < 4.78 is 5.82. The number of hydrogen-bond acceptors (Lipinski definition) is 3. The van der Waals surface area contributed by atoms with E-state index in [0.717, 1.165) is 25.6 Å². The summed E-state index contributed by atoms with van der Waals surface area (Å²) in [6.45, 7) is 3.80. The van der Waals surface area contributed by atoms with Crippen molar-refractivity contribution < 1.29 is 9.53 Å². The second-order valence-electron chi connectivity index (χ2n) is 8.33. The van der Waals surface area contributed by atoms with Crippen molar-refractivity contribution >= 4 is 11.7 Å². The number of unbranched alkanes of at least 4 members (excludes halogenated alkanes) is 4. The van der Waals surface area contributed by atoms with Crippen LogP contribution in [0, 0.1) is 11.3 Å².